The predicted molar refractivity (Wildman–Crippen MR) is 161 cm³/mol. The topological polar surface area (TPSA) is 53.4 Å². The number of amides is 1. The van der Waals surface area contributed by atoms with E-state index in [1.54, 1.807) is 0 Å². The van der Waals surface area contributed by atoms with E-state index < -0.39 is 0 Å². The summed E-state index contributed by atoms with van der Waals surface area (Å²) >= 11 is 12.6. The number of halogens is 2. The Labute approximate surface area is 240 Å². The number of carbonyl (C=O) groups excluding carboxylic acids is 1. The Balaban J connectivity index is 1.19. The second-order valence-corrected chi connectivity index (χ2v) is 10.7. The second-order valence-electron chi connectivity index (χ2n) is 9.92. The number of anilines is 1. The van der Waals surface area contributed by atoms with Crippen LogP contribution >= 0.6 is 23.2 Å². The molecule has 0 saturated carbocycles. The summed E-state index contributed by atoms with van der Waals surface area (Å²) in [4.78, 5) is 22.7. The van der Waals surface area contributed by atoms with Gasteiger partial charge in [0.1, 0.15) is 11.5 Å². The Hall–Kier alpha value is -3.32. The van der Waals surface area contributed by atoms with Crippen LogP contribution in [-0.2, 0) is 0 Å². The van der Waals surface area contributed by atoms with E-state index in [2.05, 4.69) is 50.9 Å². The molecule has 39 heavy (non-hydrogen) atoms. The normalized spacial score (nSPS) is 14.0. The van der Waals surface area contributed by atoms with Gasteiger partial charge in [0.25, 0.3) is 5.91 Å². The molecule has 1 saturated heterocycles. The number of imidazole rings is 1. The maximum atomic E-state index is 13.2. The second kappa shape index (κ2) is 12.2. The summed E-state index contributed by atoms with van der Waals surface area (Å²) in [6.07, 6.45) is 0.868. The molecule has 3 aromatic carbocycles. The zero-order valence-corrected chi connectivity index (χ0v) is 23.8. The maximum absolute atomic E-state index is 13.2. The van der Waals surface area contributed by atoms with Gasteiger partial charge in [-0.2, -0.15) is 0 Å². The van der Waals surface area contributed by atoms with E-state index in [1.807, 2.05) is 55.5 Å². The minimum absolute atomic E-state index is 0.143. The average molecular weight is 563 g/mol. The first kappa shape index (κ1) is 27.3. The number of hydrogen-bond donors (Lipinski definition) is 1. The monoisotopic (exact) mass is 561 g/mol. The first-order valence-corrected chi connectivity index (χ1v) is 14.1. The molecule has 2 heterocycles. The van der Waals surface area contributed by atoms with Gasteiger partial charge in [0.15, 0.2) is 0 Å². The van der Waals surface area contributed by atoms with E-state index in [1.165, 1.54) is 5.56 Å². The van der Waals surface area contributed by atoms with Crippen LogP contribution in [-0.4, -0.2) is 59.6 Å². The Morgan fingerprint density at radius 1 is 0.897 bits per heavy atom. The molecule has 1 amide bonds. The fraction of sp³-hybridized carbons (Fsp3) is 0.290. The molecule has 0 bridgehead atoms. The molecular weight excluding hydrogens is 529 g/mol. The third-order valence-corrected chi connectivity index (χ3v) is 8.04. The van der Waals surface area contributed by atoms with Crippen molar-refractivity contribution in [1.82, 2.24) is 19.8 Å². The number of nitrogens with one attached hydrogen (secondary N) is 1. The van der Waals surface area contributed by atoms with Crippen LogP contribution in [0.2, 0.25) is 10.0 Å². The molecule has 0 atom stereocenters. The van der Waals surface area contributed by atoms with Crippen molar-refractivity contribution in [1.29, 1.82) is 0 Å². The van der Waals surface area contributed by atoms with Crippen molar-refractivity contribution in [3.8, 4) is 17.1 Å². The number of rotatable bonds is 8. The van der Waals surface area contributed by atoms with Crippen LogP contribution in [0.15, 0.2) is 72.8 Å². The van der Waals surface area contributed by atoms with Gasteiger partial charge in [-0.05, 0) is 51.1 Å². The zero-order chi connectivity index (χ0) is 27.4. The van der Waals surface area contributed by atoms with Gasteiger partial charge >= 0.3 is 0 Å². The Morgan fingerprint density at radius 2 is 1.62 bits per heavy atom. The van der Waals surface area contributed by atoms with Gasteiger partial charge in [-0.1, -0.05) is 77.3 Å². The van der Waals surface area contributed by atoms with E-state index in [-0.39, 0.29) is 5.91 Å². The molecule has 5 rings (SSSR count). The highest BCUT2D eigenvalue weighted by molar-refractivity contribution is 6.43. The van der Waals surface area contributed by atoms with Crippen molar-refractivity contribution in [2.45, 2.75) is 20.3 Å². The molecule has 0 unspecified atom stereocenters. The van der Waals surface area contributed by atoms with Crippen molar-refractivity contribution in [3.05, 3.63) is 99.8 Å². The SMILES string of the molecule is Cc1ccc(-n2c(-c3ccccc3)nc(C(=O)NCCCN3CCN(c4cccc(Cl)c4Cl)CC3)c2C)cc1. The van der Waals surface area contributed by atoms with E-state index in [9.17, 15) is 4.79 Å². The lowest BCUT2D eigenvalue weighted by atomic mass is 10.2. The van der Waals surface area contributed by atoms with E-state index >= 15 is 0 Å². The number of aryl methyl sites for hydroxylation is 1. The fourth-order valence-corrected chi connectivity index (χ4v) is 5.46. The lowest BCUT2D eigenvalue weighted by Crippen LogP contribution is -2.47. The van der Waals surface area contributed by atoms with Gasteiger partial charge in [-0.25, -0.2) is 4.98 Å². The highest BCUT2D eigenvalue weighted by atomic mass is 35.5. The smallest absolute Gasteiger partial charge is 0.271 e. The molecule has 0 spiro atoms. The first-order chi connectivity index (χ1) is 18.9. The number of piperazine rings is 1. The molecule has 1 aliphatic rings. The standard InChI is InChI=1S/C31H33Cl2N5O/c1-22-12-14-25(15-13-22)38-23(2)29(35-30(38)24-8-4-3-5-9-24)31(39)34-16-7-17-36-18-20-37(21-19-36)27-11-6-10-26(32)28(27)33/h3-6,8-15H,7,16-21H2,1-2H3,(H,34,39). The van der Waals surface area contributed by atoms with Crippen molar-refractivity contribution < 1.29 is 4.79 Å². The minimum Gasteiger partial charge on any atom is -0.368 e. The van der Waals surface area contributed by atoms with Crippen LogP contribution < -0.4 is 10.2 Å². The molecule has 1 aliphatic heterocycles. The minimum atomic E-state index is -0.143. The van der Waals surface area contributed by atoms with Crippen LogP contribution in [0.25, 0.3) is 17.1 Å². The number of hydrogen-bond acceptors (Lipinski definition) is 4. The molecule has 1 aromatic heterocycles. The largest absolute Gasteiger partial charge is 0.368 e. The molecule has 4 aromatic rings. The summed E-state index contributed by atoms with van der Waals surface area (Å²) < 4.78 is 2.06. The van der Waals surface area contributed by atoms with Crippen molar-refractivity contribution in [2.75, 3.05) is 44.2 Å². The molecule has 8 heteroatoms. The fourth-order valence-electron chi connectivity index (χ4n) is 5.04. The number of nitrogens with zero attached hydrogens (tertiary/aromatic N) is 4. The summed E-state index contributed by atoms with van der Waals surface area (Å²) in [5.41, 5.74) is 5.42. The van der Waals surface area contributed by atoms with Gasteiger partial charge in [0.05, 0.1) is 21.4 Å². The molecule has 0 aliphatic carbocycles. The number of benzene rings is 3. The van der Waals surface area contributed by atoms with Gasteiger partial charge in [-0.15, -0.1) is 0 Å². The third-order valence-electron chi connectivity index (χ3n) is 7.23. The molecule has 202 valence electrons. The Kier molecular flexibility index (Phi) is 8.56. The number of carbonyl (C=O) groups is 1. The van der Waals surface area contributed by atoms with E-state index in [0.29, 0.717) is 22.3 Å². The predicted octanol–water partition coefficient (Wildman–Crippen LogP) is 6.41. The van der Waals surface area contributed by atoms with E-state index in [0.717, 1.165) is 67.6 Å². The highest BCUT2D eigenvalue weighted by Crippen LogP contribution is 2.33. The zero-order valence-electron chi connectivity index (χ0n) is 22.3. The maximum Gasteiger partial charge on any atom is 0.271 e. The quantitative estimate of drug-likeness (QED) is 0.253. The molecular formula is C31H33Cl2N5O. The van der Waals surface area contributed by atoms with Gasteiger partial charge < -0.3 is 10.2 Å². The molecule has 0 radical (unpaired) electrons. The van der Waals surface area contributed by atoms with Crippen molar-refractivity contribution >= 4 is 34.8 Å². The van der Waals surface area contributed by atoms with Crippen LogP contribution in [0.4, 0.5) is 5.69 Å². The summed E-state index contributed by atoms with van der Waals surface area (Å²) in [6, 6.07) is 24.1. The summed E-state index contributed by atoms with van der Waals surface area (Å²) in [5.74, 6) is 0.621. The van der Waals surface area contributed by atoms with Crippen LogP contribution in [0.5, 0.6) is 0 Å². The molecule has 1 N–H and O–H groups in total. The Morgan fingerprint density at radius 3 is 2.33 bits per heavy atom. The third kappa shape index (κ3) is 6.14. The summed E-state index contributed by atoms with van der Waals surface area (Å²) in [5, 5.41) is 4.30. The van der Waals surface area contributed by atoms with Crippen LogP contribution in [0.1, 0.15) is 28.2 Å². The highest BCUT2D eigenvalue weighted by Gasteiger charge is 2.22. The first-order valence-electron chi connectivity index (χ1n) is 13.3. The van der Waals surface area contributed by atoms with Crippen molar-refractivity contribution in [2.24, 2.45) is 0 Å². The Bertz CT molecular complexity index is 1430. The van der Waals surface area contributed by atoms with Crippen LogP contribution in [0, 0.1) is 13.8 Å². The molecule has 1 fully saturated rings. The average Bonchev–Trinajstić information content (AvgIpc) is 3.31. The van der Waals surface area contributed by atoms with Gasteiger partial charge in [0.2, 0.25) is 0 Å². The summed E-state index contributed by atoms with van der Waals surface area (Å²) in [7, 11) is 0. The summed E-state index contributed by atoms with van der Waals surface area (Å²) in [6.45, 7) is 9.21. The van der Waals surface area contributed by atoms with Crippen molar-refractivity contribution in [3.63, 3.8) is 0 Å². The lowest BCUT2D eigenvalue weighted by Gasteiger charge is -2.36. The van der Waals surface area contributed by atoms with Gasteiger partial charge in [-0.3, -0.25) is 14.3 Å². The number of aromatic nitrogens is 2. The van der Waals surface area contributed by atoms with Crippen LogP contribution in [0.3, 0.4) is 0 Å². The van der Waals surface area contributed by atoms with E-state index in [4.69, 9.17) is 28.2 Å². The molecule has 6 nitrogen and oxygen atoms in total. The lowest BCUT2D eigenvalue weighted by molar-refractivity contribution is 0.0946. The van der Waals surface area contributed by atoms with Gasteiger partial charge in [0, 0.05) is 44.0 Å².